The Bertz CT molecular complexity index is 1410. The number of ether oxygens (including phenoxy) is 1. The molecule has 0 N–H and O–H groups in total. The van der Waals surface area contributed by atoms with Crippen molar-refractivity contribution in [1.82, 2.24) is 4.90 Å². The van der Waals surface area contributed by atoms with E-state index in [-0.39, 0.29) is 11.8 Å². The zero-order valence-corrected chi connectivity index (χ0v) is 20.8. The maximum Gasteiger partial charge on any atom is 0.335 e. The Hall–Kier alpha value is -4.51. The van der Waals surface area contributed by atoms with Crippen LogP contribution in [0.5, 0.6) is 5.75 Å². The highest BCUT2D eigenvalue weighted by Crippen LogP contribution is 2.33. The summed E-state index contributed by atoms with van der Waals surface area (Å²) in [5.41, 5.74) is 3.42. The largest absolute Gasteiger partial charge is 0.425 e. The molecule has 0 radical (unpaired) electrons. The highest BCUT2D eigenvalue weighted by Gasteiger charge is 2.43. The van der Waals surface area contributed by atoms with Gasteiger partial charge in [0.1, 0.15) is 11.8 Å². The number of nitrogens with zero attached hydrogens (tertiary/aromatic N) is 1. The van der Waals surface area contributed by atoms with Gasteiger partial charge < -0.3 is 4.74 Å². The van der Waals surface area contributed by atoms with Crippen molar-refractivity contribution in [2.75, 3.05) is 0 Å². The molecule has 1 atom stereocenters. The Labute approximate surface area is 216 Å². The number of benzene rings is 4. The molecule has 4 aromatic carbocycles. The van der Waals surface area contributed by atoms with Gasteiger partial charge >= 0.3 is 5.97 Å². The molecule has 1 heterocycles. The molecule has 184 valence electrons. The van der Waals surface area contributed by atoms with Crippen LogP contribution < -0.4 is 4.74 Å². The molecule has 4 aromatic rings. The molecule has 0 fully saturated rings. The molecule has 5 heteroatoms. The van der Waals surface area contributed by atoms with Crippen molar-refractivity contribution in [3.63, 3.8) is 0 Å². The number of carbonyl (C=O) groups is 3. The molecular weight excluding hydrogens is 462 g/mol. The molecule has 5 nitrogen and oxygen atoms in total. The van der Waals surface area contributed by atoms with Crippen molar-refractivity contribution in [2.24, 2.45) is 0 Å². The molecule has 37 heavy (non-hydrogen) atoms. The predicted octanol–water partition coefficient (Wildman–Crippen LogP) is 5.83. The lowest BCUT2D eigenvalue weighted by molar-refractivity contribution is -0.138. The van der Waals surface area contributed by atoms with E-state index >= 15 is 0 Å². The van der Waals surface area contributed by atoms with Gasteiger partial charge in [-0.1, -0.05) is 98.8 Å². The van der Waals surface area contributed by atoms with Crippen LogP contribution in [-0.2, 0) is 16.6 Å². The standard InChI is InChI=1S/C32H27NO4/c1-32(2,23-13-7-4-8-14-23)24-17-19-25(20-18-24)37-31(36)28(21-22-11-5-3-6-12-22)33-29(34)26-15-9-10-16-27(26)30(33)35/h3-20,28H,21H2,1-2H3/t28-/m1/s1. The number of hydrogen-bond donors (Lipinski definition) is 0. The Morgan fingerprint density at radius 2 is 1.19 bits per heavy atom. The second-order valence-electron chi connectivity index (χ2n) is 9.67. The lowest BCUT2D eigenvalue weighted by atomic mass is 9.78. The fourth-order valence-corrected chi connectivity index (χ4v) is 4.75. The number of hydrogen-bond acceptors (Lipinski definition) is 4. The first-order valence-electron chi connectivity index (χ1n) is 12.2. The van der Waals surface area contributed by atoms with E-state index in [0.29, 0.717) is 16.9 Å². The summed E-state index contributed by atoms with van der Waals surface area (Å²) in [7, 11) is 0. The maximum atomic E-state index is 13.5. The van der Waals surface area contributed by atoms with E-state index in [1.807, 2.05) is 60.7 Å². The molecule has 1 aliphatic rings. The van der Waals surface area contributed by atoms with Crippen LogP contribution in [0, 0.1) is 0 Å². The fraction of sp³-hybridized carbons (Fsp3) is 0.156. The minimum atomic E-state index is -1.10. The second kappa shape index (κ2) is 9.86. The van der Waals surface area contributed by atoms with E-state index in [0.717, 1.165) is 16.0 Å². The van der Waals surface area contributed by atoms with Crippen LogP contribution in [0.4, 0.5) is 0 Å². The van der Waals surface area contributed by atoms with E-state index in [1.165, 1.54) is 5.56 Å². The van der Waals surface area contributed by atoms with E-state index in [4.69, 9.17) is 4.74 Å². The number of esters is 1. The van der Waals surface area contributed by atoms with Crippen LogP contribution in [0.15, 0.2) is 109 Å². The summed E-state index contributed by atoms with van der Waals surface area (Å²) < 4.78 is 5.74. The Kier molecular flexibility index (Phi) is 6.45. The summed E-state index contributed by atoms with van der Waals surface area (Å²) in [6, 6.07) is 32.4. The third-order valence-electron chi connectivity index (χ3n) is 6.97. The zero-order valence-electron chi connectivity index (χ0n) is 20.8. The van der Waals surface area contributed by atoms with Crippen LogP contribution >= 0.6 is 0 Å². The van der Waals surface area contributed by atoms with Crippen molar-refractivity contribution < 1.29 is 19.1 Å². The number of carbonyl (C=O) groups excluding carboxylic acids is 3. The van der Waals surface area contributed by atoms with Gasteiger partial charge in [0.15, 0.2) is 0 Å². The van der Waals surface area contributed by atoms with Crippen molar-refractivity contribution in [3.8, 4) is 5.75 Å². The monoisotopic (exact) mass is 489 g/mol. The average Bonchev–Trinajstić information content (AvgIpc) is 3.18. The molecular formula is C32H27NO4. The molecule has 5 rings (SSSR count). The number of amides is 2. The third-order valence-corrected chi connectivity index (χ3v) is 6.97. The number of fused-ring (bicyclic) bond motifs is 1. The summed E-state index contributed by atoms with van der Waals surface area (Å²) in [5, 5.41) is 0. The van der Waals surface area contributed by atoms with Crippen molar-refractivity contribution in [2.45, 2.75) is 31.7 Å². The molecule has 0 aromatic heterocycles. The van der Waals surface area contributed by atoms with Crippen LogP contribution in [0.1, 0.15) is 51.3 Å². The van der Waals surface area contributed by atoms with Crippen molar-refractivity contribution in [1.29, 1.82) is 0 Å². The first-order chi connectivity index (χ1) is 17.9. The first-order valence-corrected chi connectivity index (χ1v) is 12.2. The zero-order chi connectivity index (χ0) is 26.0. The minimum Gasteiger partial charge on any atom is -0.425 e. The van der Waals surface area contributed by atoms with Crippen molar-refractivity contribution >= 4 is 17.8 Å². The van der Waals surface area contributed by atoms with Crippen LogP contribution in [0.25, 0.3) is 0 Å². The van der Waals surface area contributed by atoms with Crippen LogP contribution in [-0.4, -0.2) is 28.7 Å². The summed E-state index contributed by atoms with van der Waals surface area (Å²) >= 11 is 0. The SMILES string of the molecule is CC(C)(c1ccccc1)c1ccc(OC(=O)[C@@H](Cc2ccccc2)N2C(=O)c3ccccc3C2=O)cc1. The van der Waals surface area contributed by atoms with Gasteiger partial charge in [-0.05, 0) is 41.0 Å². The molecule has 0 saturated carbocycles. The van der Waals surface area contributed by atoms with E-state index in [9.17, 15) is 14.4 Å². The maximum absolute atomic E-state index is 13.5. The van der Waals surface area contributed by atoms with Gasteiger partial charge in [-0.3, -0.25) is 14.5 Å². The second-order valence-corrected chi connectivity index (χ2v) is 9.67. The van der Waals surface area contributed by atoms with E-state index in [1.54, 1.807) is 36.4 Å². The smallest absolute Gasteiger partial charge is 0.335 e. The van der Waals surface area contributed by atoms with E-state index in [2.05, 4.69) is 26.0 Å². The van der Waals surface area contributed by atoms with Crippen LogP contribution in [0.2, 0.25) is 0 Å². The number of imide groups is 1. The molecule has 1 aliphatic heterocycles. The Morgan fingerprint density at radius 1 is 0.703 bits per heavy atom. The van der Waals surface area contributed by atoms with Gasteiger partial charge in [-0.25, -0.2) is 4.79 Å². The summed E-state index contributed by atoms with van der Waals surface area (Å²) in [4.78, 5) is 40.9. The summed E-state index contributed by atoms with van der Waals surface area (Å²) in [6.07, 6.45) is 0.157. The van der Waals surface area contributed by atoms with Gasteiger partial charge in [0.05, 0.1) is 11.1 Å². The van der Waals surface area contributed by atoms with Gasteiger partial charge in [0, 0.05) is 11.8 Å². The van der Waals surface area contributed by atoms with Gasteiger partial charge in [0.2, 0.25) is 0 Å². The molecule has 0 unspecified atom stereocenters. The van der Waals surface area contributed by atoms with Gasteiger partial charge in [0.25, 0.3) is 11.8 Å². The fourth-order valence-electron chi connectivity index (χ4n) is 4.75. The molecule has 0 saturated heterocycles. The highest BCUT2D eigenvalue weighted by atomic mass is 16.5. The molecule has 0 spiro atoms. The summed E-state index contributed by atoms with van der Waals surface area (Å²) in [5.74, 6) is -1.28. The highest BCUT2D eigenvalue weighted by molar-refractivity contribution is 6.22. The van der Waals surface area contributed by atoms with Gasteiger partial charge in [-0.15, -0.1) is 0 Å². The third kappa shape index (κ3) is 4.68. The molecule has 0 aliphatic carbocycles. The van der Waals surface area contributed by atoms with Gasteiger partial charge in [-0.2, -0.15) is 0 Å². The lowest BCUT2D eigenvalue weighted by Gasteiger charge is -2.27. The quantitative estimate of drug-likeness (QED) is 0.186. The number of rotatable bonds is 7. The average molecular weight is 490 g/mol. The topological polar surface area (TPSA) is 63.7 Å². The summed E-state index contributed by atoms with van der Waals surface area (Å²) in [6.45, 7) is 4.28. The Morgan fingerprint density at radius 3 is 1.76 bits per heavy atom. The minimum absolute atomic E-state index is 0.157. The molecule has 0 bridgehead atoms. The first kappa shape index (κ1) is 24.2. The predicted molar refractivity (Wildman–Crippen MR) is 142 cm³/mol. The van der Waals surface area contributed by atoms with E-state index < -0.39 is 23.8 Å². The van der Waals surface area contributed by atoms with Crippen LogP contribution in [0.3, 0.4) is 0 Å². The molecule has 2 amide bonds. The normalized spacial score (nSPS) is 13.8. The Balaban J connectivity index is 1.41. The lowest BCUT2D eigenvalue weighted by Crippen LogP contribution is -2.48. The van der Waals surface area contributed by atoms with Crippen molar-refractivity contribution in [3.05, 3.63) is 137 Å².